The maximum atomic E-state index is 13.2. The van der Waals surface area contributed by atoms with Crippen LogP contribution in [0.25, 0.3) is 0 Å². The summed E-state index contributed by atoms with van der Waals surface area (Å²) in [6.45, 7) is 3.05. The Morgan fingerprint density at radius 1 is 1.19 bits per heavy atom. The third-order valence-electron chi connectivity index (χ3n) is 4.78. The largest absolute Gasteiger partial charge is 0.497 e. The summed E-state index contributed by atoms with van der Waals surface area (Å²) in [6, 6.07) is 11.3. The van der Waals surface area contributed by atoms with Gasteiger partial charge in [-0.05, 0) is 49.6 Å². The molecule has 1 unspecified atom stereocenters. The Morgan fingerprint density at radius 2 is 1.93 bits per heavy atom. The van der Waals surface area contributed by atoms with Crippen molar-refractivity contribution >= 4 is 17.5 Å². The first-order valence-corrected chi connectivity index (χ1v) is 9.42. The highest BCUT2D eigenvalue weighted by Gasteiger charge is 2.31. The van der Waals surface area contributed by atoms with E-state index in [2.05, 4.69) is 0 Å². The van der Waals surface area contributed by atoms with Crippen LogP contribution in [-0.2, 0) is 0 Å². The summed E-state index contributed by atoms with van der Waals surface area (Å²) in [5.41, 5.74) is 1.60. The van der Waals surface area contributed by atoms with Crippen LogP contribution in [0.3, 0.4) is 0 Å². The molecule has 0 bridgehead atoms. The van der Waals surface area contributed by atoms with Crippen molar-refractivity contribution in [3.63, 3.8) is 0 Å². The van der Waals surface area contributed by atoms with Crippen molar-refractivity contribution in [3.05, 3.63) is 52.5 Å². The summed E-state index contributed by atoms with van der Waals surface area (Å²) in [5, 5.41) is 0.375. The molecule has 0 N–H and O–H groups in total. The quantitative estimate of drug-likeness (QED) is 0.716. The number of rotatable bonds is 6. The van der Waals surface area contributed by atoms with E-state index in [4.69, 9.17) is 25.8 Å². The van der Waals surface area contributed by atoms with E-state index in [1.807, 2.05) is 36.1 Å². The van der Waals surface area contributed by atoms with Crippen molar-refractivity contribution in [1.82, 2.24) is 4.90 Å². The summed E-state index contributed by atoms with van der Waals surface area (Å²) < 4.78 is 16.1. The molecule has 1 saturated heterocycles. The molecule has 1 heterocycles. The van der Waals surface area contributed by atoms with Gasteiger partial charge in [0, 0.05) is 12.1 Å². The van der Waals surface area contributed by atoms with Crippen molar-refractivity contribution in [2.45, 2.75) is 25.8 Å². The molecule has 1 amide bonds. The number of carbonyl (C=O) groups is 1. The third kappa shape index (κ3) is 3.98. The molecule has 3 rings (SSSR count). The average Bonchev–Trinajstić information content (AvgIpc) is 3.18. The predicted molar refractivity (Wildman–Crippen MR) is 105 cm³/mol. The van der Waals surface area contributed by atoms with Crippen molar-refractivity contribution in [3.8, 4) is 17.2 Å². The number of halogens is 1. The molecule has 1 aliphatic rings. The number of nitrogens with zero attached hydrogens (tertiary/aromatic N) is 1. The Balaban J connectivity index is 1.88. The van der Waals surface area contributed by atoms with E-state index in [-0.39, 0.29) is 11.9 Å². The van der Waals surface area contributed by atoms with E-state index >= 15 is 0 Å². The van der Waals surface area contributed by atoms with Gasteiger partial charge in [0.2, 0.25) is 0 Å². The topological polar surface area (TPSA) is 48.0 Å². The molecule has 27 heavy (non-hydrogen) atoms. The van der Waals surface area contributed by atoms with Gasteiger partial charge < -0.3 is 19.1 Å². The molecule has 0 saturated carbocycles. The number of hydrogen-bond donors (Lipinski definition) is 0. The van der Waals surface area contributed by atoms with Crippen LogP contribution in [0.1, 0.15) is 41.7 Å². The van der Waals surface area contributed by atoms with E-state index in [0.717, 1.165) is 24.2 Å². The maximum Gasteiger partial charge on any atom is 0.254 e. The number of amides is 1. The number of benzene rings is 2. The Kier molecular flexibility index (Phi) is 6.11. The Labute approximate surface area is 164 Å². The van der Waals surface area contributed by atoms with Crippen LogP contribution in [0.4, 0.5) is 0 Å². The summed E-state index contributed by atoms with van der Waals surface area (Å²) in [7, 11) is 3.18. The van der Waals surface area contributed by atoms with Gasteiger partial charge in [-0.1, -0.05) is 23.7 Å². The van der Waals surface area contributed by atoms with Gasteiger partial charge in [0.05, 0.1) is 31.9 Å². The smallest absolute Gasteiger partial charge is 0.254 e. The van der Waals surface area contributed by atoms with E-state index in [1.54, 1.807) is 26.4 Å². The van der Waals surface area contributed by atoms with Crippen LogP contribution in [0.5, 0.6) is 17.2 Å². The Bertz CT molecular complexity index is 807. The standard InChI is InChI=1S/C21H24ClNO4/c1-4-27-20-17(22)12-15(13-19(20)26-3)21(24)23-11-5-6-18(23)14-7-9-16(25-2)10-8-14/h7-10,12-13,18H,4-6,11H2,1-3H3. The van der Waals surface area contributed by atoms with Crippen molar-refractivity contribution in [2.24, 2.45) is 0 Å². The monoisotopic (exact) mass is 389 g/mol. The fraction of sp³-hybridized carbons (Fsp3) is 0.381. The number of hydrogen-bond acceptors (Lipinski definition) is 4. The number of ether oxygens (including phenoxy) is 3. The van der Waals surface area contributed by atoms with Crippen LogP contribution in [-0.4, -0.2) is 38.2 Å². The average molecular weight is 390 g/mol. The highest BCUT2D eigenvalue weighted by atomic mass is 35.5. The first-order valence-electron chi connectivity index (χ1n) is 9.04. The van der Waals surface area contributed by atoms with Crippen LogP contribution in [0, 0.1) is 0 Å². The lowest BCUT2D eigenvalue weighted by molar-refractivity contribution is 0.0735. The summed E-state index contributed by atoms with van der Waals surface area (Å²) in [5.74, 6) is 1.67. The number of likely N-dealkylation sites (tertiary alicyclic amines) is 1. The SMILES string of the molecule is CCOc1c(Cl)cc(C(=O)N2CCCC2c2ccc(OC)cc2)cc1OC. The van der Waals surface area contributed by atoms with E-state index in [1.165, 1.54) is 0 Å². The van der Waals surface area contributed by atoms with Crippen molar-refractivity contribution < 1.29 is 19.0 Å². The highest BCUT2D eigenvalue weighted by molar-refractivity contribution is 6.32. The summed E-state index contributed by atoms with van der Waals surface area (Å²) >= 11 is 6.34. The van der Waals surface area contributed by atoms with Gasteiger partial charge in [-0.15, -0.1) is 0 Å². The summed E-state index contributed by atoms with van der Waals surface area (Å²) in [6.07, 6.45) is 1.89. The minimum Gasteiger partial charge on any atom is -0.497 e. The minimum absolute atomic E-state index is 0.0414. The number of methoxy groups -OCH3 is 2. The minimum atomic E-state index is -0.0587. The molecule has 144 valence electrons. The van der Waals surface area contributed by atoms with Gasteiger partial charge in [-0.3, -0.25) is 4.79 Å². The first-order chi connectivity index (χ1) is 13.1. The maximum absolute atomic E-state index is 13.2. The van der Waals surface area contributed by atoms with Crippen LogP contribution in [0.2, 0.25) is 5.02 Å². The molecule has 1 fully saturated rings. The fourth-order valence-corrected chi connectivity index (χ4v) is 3.74. The predicted octanol–water partition coefficient (Wildman–Crippen LogP) is 4.73. The van der Waals surface area contributed by atoms with Gasteiger partial charge in [0.1, 0.15) is 5.75 Å². The molecule has 1 aliphatic heterocycles. The number of carbonyl (C=O) groups excluding carboxylic acids is 1. The van der Waals surface area contributed by atoms with E-state index in [9.17, 15) is 4.79 Å². The highest BCUT2D eigenvalue weighted by Crippen LogP contribution is 2.39. The molecule has 0 radical (unpaired) electrons. The normalized spacial score (nSPS) is 16.3. The van der Waals surface area contributed by atoms with Gasteiger partial charge in [0.25, 0.3) is 5.91 Å². The molecule has 0 spiro atoms. The van der Waals surface area contributed by atoms with Gasteiger partial charge in [-0.2, -0.15) is 0 Å². The molecule has 6 heteroatoms. The fourth-order valence-electron chi connectivity index (χ4n) is 3.48. The zero-order chi connectivity index (χ0) is 19.4. The van der Waals surface area contributed by atoms with Crippen LogP contribution < -0.4 is 14.2 Å². The zero-order valence-electron chi connectivity index (χ0n) is 15.8. The second kappa shape index (κ2) is 8.53. The Hall–Kier alpha value is -2.40. The van der Waals surface area contributed by atoms with Crippen LogP contribution in [0.15, 0.2) is 36.4 Å². The molecule has 2 aromatic carbocycles. The molecule has 1 atom stereocenters. The van der Waals surface area contributed by atoms with Gasteiger partial charge in [0.15, 0.2) is 11.5 Å². The van der Waals surface area contributed by atoms with E-state index < -0.39 is 0 Å². The second-order valence-corrected chi connectivity index (χ2v) is 6.76. The summed E-state index contributed by atoms with van der Waals surface area (Å²) in [4.78, 5) is 15.1. The molecule has 0 aliphatic carbocycles. The molecular weight excluding hydrogens is 366 g/mol. The van der Waals surface area contributed by atoms with Gasteiger partial charge >= 0.3 is 0 Å². The first kappa shape index (κ1) is 19.4. The van der Waals surface area contributed by atoms with Crippen LogP contribution >= 0.6 is 11.6 Å². The molecule has 2 aromatic rings. The Morgan fingerprint density at radius 3 is 2.56 bits per heavy atom. The molecule has 0 aromatic heterocycles. The zero-order valence-corrected chi connectivity index (χ0v) is 16.6. The lowest BCUT2D eigenvalue weighted by Gasteiger charge is -2.26. The lowest BCUT2D eigenvalue weighted by Crippen LogP contribution is -2.30. The lowest BCUT2D eigenvalue weighted by atomic mass is 10.0. The third-order valence-corrected chi connectivity index (χ3v) is 5.06. The molecule has 5 nitrogen and oxygen atoms in total. The van der Waals surface area contributed by atoms with E-state index in [0.29, 0.717) is 35.2 Å². The molecular formula is C21H24ClNO4. The van der Waals surface area contributed by atoms with Gasteiger partial charge in [-0.25, -0.2) is 0 Å². The second-order valence-electron chi connectivity index (χ2n) is 6.35. The van der Waals surface area contributed by atoms with Crippen molar-refractivity contribution in [2.75, 3.05) is 27.4 Å². The van der Waals surface area contributed by atoms with Crippen molar-refractivity contribution in [1.29, 1.82) is 0 Å².